The molecule has 0 spiro atoms. The summed E-state index contributed by atoms with van der Waals surface area (Å²) in [5, 5.41) is 0.357. The predicted molar refractivity (Wildman–Crippen MR) is 112 cm³/mol. The Hall–Kier alpha value is -2.86. The van der Waals surface area contributed by atoms with Crippen LogP contribution in [-0.4, -0.2) is 24.9 Å². The number of fused-ring (bicyclic) bond motifs is 1. The molecule has 0 radical (unpaired) electrons. The molecule has 1 saturated carbocycles. The van der Waals surface area contributed by atoms with Gasteiger partial charge in [0.05, 0.1) is 31.1 Å². The Morgan fingerprint density at radius 1 is 1.03 bits per heavy atom. The minimum Gasteiger partial charge on any atom is -0.497 e. The number of esters is 1. The molecule has 2 atom stereocenters. The molecule has 0 aromatic heterocycles. The zero-order valence-corrected chi connectivity index (χ0v) is 17.4. The highest BCUT2D eigenvalue weighted by molar-refractivity contribution is 6.31. The molecule has 2 aromatic carbocycles. The van der Waals surface area contributed by atoms with Gasteiger partial charge in [0.1, 0.15) is 5.75 Å². The van der Waals surface area contributed by atoms with E-state index in [1.54, 1.807) is 37.4 Å². The lowest BCUT2D eigenvalue weighted by atomic mass is 9.81. The molecule has 156 valence electrons. The van der Waals surface area contributed by atoms with E-state index in [4.69, 9.17) is 21.1 Å². The van der Waals surface area contributed by atoms with Crippen molar-refractivity contribution in [1.29, 1.82) is 0 Å². The Labute approximate surface area is 179 Å². The fourth-order valence-electron chi connectivity index (χ4n) is 4.22. The standard InChI is InChI=1S/C23H22ClNO5/c1-29-16-9-6-14(7-10-16)12-21(26)30-20-11-8-15(24)13-19(20)25-22(27)17-4-2-3-5-18(17)23(25)28/h6-11,13,17-18H,2-5,12H2,1H3. The van der Waals surface area contributed by atoms with Crippen molar-refractivity contribution in [1.82, 2.24) is 0 Å². The molecule has 2 unspecified atom stereocenters. The van der Waals surface area contributed by atoms with Gasteiger partial charge in [0.25, 0.3) is 0 Å². The van der Waals surface area contributed by atoms with Gasteiger partial charge in [0, 0.05) is 5.02 Å². The average molecular weight is 428 g/mol. The normalized spacial score (nSPS) is 20.8. The zero-order valence-electron chi connectivity index (χ0n) is 16.6. The third-order valence-electron chi connectivity index (χ3n) is 5.73. The van der Waals surface area contributed by atoms with Gasteiger partial charge in [-0.1, -0.05) is 36.6 Å². The van der Waals surface area contributed by atoms with Crippen LogP contribution in [0.1, 0.15) is 31.2 Å². The van der Waals surface area contributed by atoms with Crippen LogP contribution in [0.4, 0.5) is 5.69 Å². The van der Waals surface area contributed by atoms with Gasteiger partial charge >= 0.3 is 5.97 Å². The number of methoxy groups -OCH3 is 1. The Balaban J connectivity index is 1.57. The second-order valence-corrected chi connectivity index (χ2v) is 8.06. The SMILES string of the molecule is COc1ccc(CC(=O)Oc2ccc(Cl)cc2N2C(=O)C3CCCCC3C2=O)cc1. The number of halogens is 1. The van der Waals surface area contributed by atoms with Gasteiger partial charge in [-0.15, -0.1) is 0 Å². The van der Waals surface area contributed by atoms with Gasteiger partial charge < -0.3 is 9.47 Å². The number of imide groups is 1. The molecule has 2 aromatic rings. The van der Waals surface area contributed by atoms with Crippen molar-refractivity contribution >= 4 is 35.1 Å². The van der Waals surface area contributed by atoms with Crippen LogP contribution >= 0.6 is 11.6 Å². The molecule has 1 heterocycles. The van der Waals surface area contributed by atoms with E-state index < -0.39 is 5.97 Å². The van der Waals surface area contributed by atoms with E-state index in [-0.39, 0.29) is 41.5 Å². The van der Waals surface area contributed by atoms with Crippen molar-refractivity contribution in [2.24, 2.45) is 11.8 Å². The Kier molecular flexibility index (Phi) is 5.77. The summed E-state index contributed by atoms with van der Waals surface area (Å²) in [7, 11) is 1.57. The van der Waals surface area contributed by atoms with Crippen LogP contribution in [-0.2, 0) is 20.8 Å². The monoisotopic (exact) mass is 427 g/mol. The molecule has 4 rings (SSSR count). The van der Waals surface area contributed by atoms with Crippen LogP contribution < -0.4 is 14.4 Å². The largest absolute Gasteiger partial charge is 0.497 e. The summed E-state index contributed by atoms with van der Waals surface area (Å²) in [6, 6.07) is 11.7. The smallest absolute Gasteiger partial charge is 0.315 e. The van der Waals surface area contributed by atoms with Gasteiger partial charge in [-0.3, -0.25) is 14.4 Å². The second-order valence-electron chi connectivity index (χ2n) is 7.62. The summed E-state index contributed by atoms with van der Waals surface area (Å²) in [5.74, 6) is -0.724. The summed E-state index contributed by atoms with van der Waals surface area (Å²) >= 11 is 6.14. The maximum atomic E-state index is 13.0. The number of carbonyl (C=O) groups is 3. The summed E-state index contributed by atoms with van der Waals surface area (Å²) in [6.07, 6.45) is 3.33. The number of ether oxygens (including phenoxy) is 2. The van der Waals surface area contributed by atoms with E-state index in [0.29, 0.717) is 23.6 Å². The van der Waals surface area contributed by atoms with Crippen molar-refractivity contribution in [2.75, 3.05) is 12.0 Å². The number of hydrogen-bond donors (Lipinski definition) is 0. The average Bonchev–Trinajstić information content (AvgIpc) is 3.00. The molecule has 7 heteroatoms. The number of anilines is 1. The Morgan fingerprint density at radius 2 is 1.67 bits per heavy atom. The van der Waals surface area contributed by atoms with Crippen LogP contribution in [0.2, 0.25) is 5.02 Å². The van der Waals surface area contributed by atoms with Crippen molar-refractivity contribution in [3.63, 3.8) is 0 Å². The van der Waals surface area contributed by atoms with E-state index in [2.05, 4.69) is 0 Å². The first kappa shape index (κ1) is 20.4. The zero-order chi connectivity index (χ0) is 21.3. The van der Waals surface area contributed by atoms with E-state index >= 15 is 0 Å². The van der Waals surface area contributed by atoms with Gasteiger partial charge in [-0.25, -0.2) is 4.90 Å². The lowest BCUT2D eigenvalue weighted by Gasteiger charge is -2.19. The maximum Gasteiger partial charge on any atom is 0.315 e. The van der Waals surface area contributed by atoms with E-state index in [1.165, 1.54) is 12.1 Å². The van der Waals surface area contributed by atoms with E-state index in [0.717, 1.165) is 23.3 Å². The molecule has 1 aliphatic heterocycles. The molecule has 30 heavy (non-hydrogen) atoms. The van der Waals surface area contributed by atoms with E-state index in [1.807, 2.05) is 0 Å². The molecule has 2 fully saturated rings. The van der Waals surface area contributed by atoms with Crippen molar-refractivity contribution in [2.45, 2.75) is 32.1 Å². The summed E-state index contributed by atoms with van der Waals surface area (Å²) < 4.78 is 10.7. The van der Waals surface area contributed by atoms with Crippen LogP contribution in [0.3, 0.4) is 0 Å². The number of rotatable bonds is 5. The minimum absolute atomic E-state index is 0.0409. The molecule has 0 bridgehead atoms. The third kappa shape index (κ3) is 3.92. The molecule has 6 nitrogen and oxygen atoms in total. The maximum absolute atomic E-state index is 13.0. The number of amides is 2. The number of nitrogens with zero attached hydrogens (tertiary/aromatic N) is 1. The molecular formula is C23H22ClNO5. The molecule has 2 aliphatic rings. The first-order valence-electron chi connectivity index (χ1n) is 9.99. The quantitative estimate of drug-likeness (QED) is 0.406. The fraction of sp³-hybridized carbons (Fsp3) is 0.348. The highest BCUT2D eigenvalue weighted by Gasteiger charge is 2.49. The first-order chi connectivity index (χ1) is 14.5. The number of hydrogen-bond acceptors (Lipinski definition) is 5. The Morgan fingerprint density at radius 3 is 2.27 bits per heavy atom. The second kappa shape index (κ2) is 8.48. The fourth-order valence-corrected chi connectivity index (χ4v) is 4.39. The van der Waals surface area contributed by atoms with Gasteiger partial charge in [0.2, 0.25) is 11.8 Å². The topological polar surface area (TPSA) is 72.9 Å². The summed E-state index contributed by atoms with van der Waals surface area (Å²) in [6.45, 7) is 0. The van der Waals surface area contributed by atoms with Crippen LogP contribution in [0.25, 0.3) is 0 Å². The van der Waals surface area contributed by atoms with Crippen LogP contribution in [0.5, 0.6) is 11.5 Å². The lowest BCUT2D eigenvalue weighted by Crippen LogP contribution is -2.31. The first-order valence-corrected chi connectivity index (χ1v) is 10.4. The third-order valence-corrected chi connectivity index (χ3v) is 5.97. The van der Waals surface area contributed by atoms with Crippen molar-refractivity contribution in [3.05, 3.63) is 53.1 Å². The molecule has 1 aliphatic carbocycles. The predicted octanol–water partition coefficient (Wildman–Crippen LogP) is 4.18. The number of carbonyl (C=O) groups excluding carboxylic acids is 3. The van der Waals surface area contributed by atoms with Gasteiger partial charge in [-0.05, 0) is 48.7 Å². The van der Waals surface area contributed by atoms with Crippen molar-refractivity contribution in [3.8, 4) is 11.5 Å². The molecule has 0 N–H and O–H groups in total. The van der Waals surface area contributed by atoms with E-state index in [9.17, 15) is 14.4 Å². The summed E-state index contributed by atoms with van der Waals surface area (Å²) in [5.41, 5.74) is 0.991. The molecular weight excluding hydrogens is 406 g/mol. The highest BCUT2D eigenvalue weighted by Crippen LogP contribution is 2.43. The van der Waals surface area contributed by atoms with Crippen LogP contribution in [0, 0.1) is 11.8 Å². The van der Waals surface area contributed by atoms with Crippen LogP contribution in [0.15, 0.2) is 42.5 Å². The highest BCUT2D eigenvalue weighted by atomic mass is 35.5. The molecule has 1 saturated heterocycles. The van der Waals surface area contributed by atoms with Crippen molar-refractivity contribution < 1.29 is 23.9 Å². The molecule has 2 amide bonds. The number of benzene rings is 2. The lowest BCUT2D eigenvalue weighted by molar-refractivity contribution is -0.133. The Bertz CT molecular complexity index is 964. The van der Waals surface area contributed by atoms with Gasteiger partial charge in [-0.2, -0.15) is 0 Å². The minimum atomic E-state index is -0.500. The summed E-state index contributed by atoms with van der Waals surface area (Å²) in [4.78, 5) is 39.6. The van der Waals surface area contributed by atoms with Gasteiger partial charge in [0.15, 0.2) is 5.75 Å².